The molecule has 1 saturated heterocycles. The fourth-order valence-electron chi connectivity index (χ4n) is 3.33. The van der Waals surface area contributed by atoms with Gasteiger partial charge in [-0.1, -0.05) is 24.3 Å². The highest BCUT2D eigenvalue weighted by molar-refractivity contribution is 5.42. The van der Waals surface area contributed by atoms with Gasteiger partial charge in [0.2, 0.25) is 6.08 Å². The zero-order valence-electron chi connectivity index (χ0n) is 12.1. The van der Waals surface area contributed by atoms with Crippen LogP contribution in [0.3, 0.4) is 0 Å². The van der Waals surface area contributed by atoms with Gasteiger partial charge in [0.1, 0.15) is 0 Å². The lowest BCUT2D eigenvalue weighted by atomic mass is 9.89. The molecule has 1 heterocycles. The van der Waals surface area contributed by atoms with Gasteiger partial charge in [-0.3, -0.25) is 0 Å². The Labute approximate surface area is 120 Å². The van der Waals surface area contributed by atoms with Crippen molar-refractivity contribution in [3.63, 3.8) is 0 Å². The van der Waals surface area contributed by atoms with Crippen LogP contribution >= 0.6 is 0 Å². The van der Waals surface area contributed by atoms with Crippen molar-refractivity contribution in [3.8, 4) is 0 Å². The summed E-state index contributed by atoms with van der Waals surface area (Å²) in [5, 5.41) is 0. The summed E-state index contributed by atoms with van der Waals surface area (Å²) in [4.78, 5) is 17.1. The molecule has 0 amide bonds. The van der Waals surface area contributed by atoms with Crippen molar-refractivity contribution in [2.45, 2.75) is 43.6 Å². The molecule has 1 aromatic rings. The maximum atomic E-state index is 10.6. The lowest BCUT2D eigenvalue weighted by molar-refractivity contribution is 0.347. The van der Waals surface area contributed by atoms with E-state index < -0.39 is 0 Å². The van der Waals surface area contributed by atoms with Crippen LogP contribution in [0.25, 0.3) is 0 Å². The number of nitrogens with zero attached hydrogens (tertiary/aromatic N) is 2. The molecular weight excluding hydrogens is 248 g/mol. The molecule has 106 valence electrons. The summed E-state index contributed by atoms with van der Waals surface area (Å²) in [5.74, 6) is 0.649. The summed E-state index contributed by atoms with van der Waals surface area (Å²) in [7, 11) is 2.21. The molecule has 0 spiro atoms. The van der Waals surface area contributed by atoms with Gasteiger partial charge in [-0.15, -0.1) is 0 Å². The largest absolute Gasteiger partial charge is 0.306 e. The zero-order chi connectivity index (χ0) is 14.0. The number of hydrogen-bond donors (Lipinski definition) is 0. The van der Waals surface area contributed by atoms with Gasteiger partial charge >= 0.3 is 0 Å². The van der Waals surface area contributed by atoms with Gasteiger partial charge in [-0.2, -0.15) is 4.99 Å². The summed E-state index contributed by atoms with van der Waals surface area (Å²) in [6, 6.07) is 8.75. The summed E-state index contributed by atoms with van der Waals surface area (Å²) >= 11 is 0. The van der Waals surface area contributed by atoms with E-state index >= 15 is 0 Å². The quantitative estimate of drug-likeness (QED) is 0.624. The fraction of sp³-hybridized carbons (Fsp3) is 0.588. The molecule has 20 heavy (non-hydrogen) atoms. The van der Waals surface area contributed by atoms with Crippen molar-refractivity contribution in [1.29, 1.82) is 0 Å². The van der Waals surface area contributed by atoms with Crippen LogP contribution in [0.15, 0.2) is 29.3 Å². The van der Waals surface area contributed by atoms with Crippen LogP contribution in [-0.2, 0) is 10.3 Å². The van der Waals surface area contributed by atoms with E-state index in [2.05, 4.69) is 41.2 Å². The molecule has 0 aromatic heterocycles. The zero-order valence-corrected chi connectivity index (χ0v) is 12.1. The molecule has 3 nitrogen and oxygen atoms in total. The van der Waals surface area contributed by atoms with Gasteiger partial charge in [0.15, 0.2) is 0 Å². The predicted molar refractivity (Wildman–Crippen MR) is 79.6 cm³/mol. The van der Waals surface area contributed by atoms with Crippen molar-refractivity contribution in [2.75, 3.05) is 20.1 Å². The van der Waals surface area contributed by atoms with Gasteiger partial charge in [-0.25, -0.2) is 4.79 Å². The molecule has 1 atom stereocenters. The van der Waals surface area contributed by atoms with Crippen molar-refractivity contribution in [1.82, 2.24) is 4.90 Å². The Morgan fingerprint density at radius 3 is 2.90 bits per heavy atom. The van der Waals surface area contributed by atoms with E-state index in [0.29, 0.717) is 5.92 Å². The first-order valence-corrected chi connectivity index (χ1v) is 7.61. The van der Waals surface area contributed by atoms with E-state index in [4.69, 9.17) is 0 Å². The Morgan fingerprint density at radius 1 is 1.30 bits per heavy atom. The minimum absolute atomic E-state index is 0.237. The summed E-state index contributed by atoms with van der Waals surface area (Å²) < 4.78 is 0. The highest BCUT2D eigenvalue weighted by Gasteiger charge is 2.44. The lowest BCUT2D eigenvalue weighted by Gasteiger charge is -2.17. The Balaban J connectivity index is 1.82. The second-order valence-electron chi connectivity index (χ2n) is 6.29. The van der Waals surface area contributed by atoms with E-state index in [1.807, 2.05) is 0 Å². The number of isocyanates is 1. The summed E-state index contributed by atoms with van der Waals surface area (Å²) in [5.41, 5.74) is 2.39. The first-order chi connectivity index (χ1) is 9.73. The maximum absolute atomic E-state index is 10.6. The molecule has 1 aromatic carbocycles. The third kappa shape index (κ3) is 2.70. The third-order valence-electron chi connectivity index (χ3n) is 4.83. The summed E-state index contributed by atoms with van der Waals surface area (Å²) in [6.07, 6.45) is 7.48. The molecule has 2 aliphatic rings. The van der Waals surface area contributed by atoms with E-state index in [1.54, 1.807) is 6.08 Å². The van der Waals surface area contributed by atoms with Crippen LogP contribution in [0.1, 0.15) is 49.1 Å². The third-order valence-corrected chi connectivity index (χ3v) is 4.83. The minimum atomic E-state index is -0.237. The highest BCUT2D eigenvalue weighted by atomic mass is 16.1. The average molecular weight is 270 g/mol. The lowest BCUT2D eigenvalue weighted by Crippen LogP contribution is -2.18. The number of aliphatic imine (C=N–C) groups is 1. The first kappa shape index (κ1) is 13.5. The first-order valence-electron chi connectivity index (χ1n) is 7.61. The Hall–Kier alpha value is -1.44. The Kier molecular flexibility index (Phi) is 3.73. The normalized spacial score (nSPS) is 25.6. The Bertz CT molecular complexity index is 530. The molecule has 1 aliphatic carbocycles. The number of hydrogen-bond acceptors (Lipinski definition) is 3. The monoisotopic (exact) mass is 270 g/mol. The van der Waals surface area contributed by atoms with E-state index in [9.17, 15) is 4.79 Å². The topological polar surface area (TPSA) is 32.7 Å². The van der Waals surface area contributed by atoms with E-state index in [0.717, 1.165) is 12.8 Å². The van der Waals surface area contributed by atoms with Crippen molar-refractivity contribution < 1.29 is 4.79 Å². The van der Waals surface area contributed by atoms with Crippen molar-refractivity contribution >= 4 is 6.08 Å². The van der Waals surface area contributed by atoms with Gasteiger partial charge < -0.3 is 4.90 Å². The fourth-order valence-corrected chi connectivity index (χ4v) is 3.33. The summed E-state index contributed by atoms with van der Waals surface area (Å²) in [6.45, 7) is 2.38. The molecule has 1 saturated carbocycles. The molecule has 0 bridgehead atoms. The van der Waals surface area contributed by atoms with E-state index in [-0.39, 0.29) is 5.54 Å². The second-order valence-corrected chi connectivity index (χ2v) is 6.29. The number of rotatable bonds is 3. The van der Waals surface area contributed by atoms with Crippen LogP contribution < -0.4 is 0 Å². The van der Waals surface area contributed by atoms with Crippen LogP contribution in [0.5, 0.6) is 0 Å². The average Bonchev–Trinajstić information content (AvgIpc) is 3.25. The van der Waals surface area contributed by atoms with Crippen molar-refractivity contribution in [2.24, 2.45) is 4.99 Å². The van der Waals surface area contributed by atoms with E-state index in [1.165, 1.54) is 43.5 Å². The molecule has 0 radical (unpaired) electrons. The van der Waals surface area contributed by atoms with Crippen LogP contribution in [0, 0.1) is 0 Å². The SMILES string of the molecule is CN1CCCC(c2cccc(C3(N=C=O)CC3)c2)CC1. The molecule has 1 unspecified atom stereocenters. The number of benzene rings is 1. The molecule has 3 rings (SSSR count). The molecular formula is C17H22N2O. The minimum Gasteiger partial charge on any atom is -0.306 e. The van der Waals surface area contributed by atoms with Crippen molar-refractivity contribution in [3.05, 3.63) is 35.4 Å². The highest BCUT2D eigenvalue weighted by Crippen LogP contribution is 2.49. The van der Waals surface area contributed by atoms with Gasteiger partial charge in [0.05, 0.1) is 5.54 Å². The predicted octanol–water partition coefficient (Wildman–Crippen LogP) is 3.21. The number of carbonyl (C=O) groups excluding carboxylic acids is 1. The van der Waals surface area contributed by atoms with Crippen LogP contribution in [0.2, 0.25) is 0 Å². The molecule has 2 fully saturated rings. The molecule has 3 heteroatoms. The Morgan fingerprint density at radius 2 is 2.15 bits per heavy atom. The number of likely N-dealkylation sites (tertiary alicyclic amines) is 1. The second kappa shape index (κ2) is 5.51. The van der Waals surface area contributed by atoms with Gasteiger partial charge in [0, 0.05) is 0 Å². The smallest absolute Gasteiger partial charge is 0.235 e. The molecule has 1 aliphatic heterocycles. The maximum Gasteiger partial charge on any atom is 0.235 e. The van der Waals surface area contributed by atoms with Gasteiger partial charge in [0.25, 0.3) is 0 Å². The van der Waals surface area contributed by atoms with Crippen LogP contribution in [-0.4, -0.2) is 31.1 Å². The van der Waals surface area contributed by atoms with Crippen LogP contribution in [0.4, 0.5) is 0 Å². The van der Waals surface area contributed by atoms with Gasteiger partial charge in [-0.05, 0) is 69.3 Å². The standard InChI is InChI=1S/C17H22N2O/c1-19-10-3-5-14(7-11-19)15-4-2-6-16(12-15)17(8-9-17)18-13-20/h2,4,6,12,14H,3,5,7-11H2,1H3. The molecule has 0 N–H and O–H groups in total.